The van der Waals surface area contributed by atoms with E-state index in [1.54, 1.807) is 47.4 Å². The lowest BCUT2D eigenvalue weighted by Gasteiger charge is -2.41. The molecule has 3 aromatic rings. The monoisotopic (exact) mass is 527 g/mol. The van der Waals surface area contributed by atoms with E-state index in [9.17, 15) is 14.9 Å². The van der Waals surface area contributed by atoms with Crippen molar-refractivity contribution in [2.24, 2.45) is 11.3 Å². The summed E-state index contributed by atoms with van der Waals surface area (Å²) in [5.74, 6) is 5.12. The van der Waals surface area contributed by atoms with E-state index in [0.717, 1.165) is 12.8 Å². The predicted molar refractivity (Wildman–Crippen MR) is 134 cm³/mol. The van der Waals surface area contributed by atoms with Gasteiger partial charge in [0.15, 0.2) is 5.72 Å². The normalized spacial score (nSPS) is 19.9. The molecule has 0 bridgehead atoms. The zero-order chi connectivity index (χ0) is 25.5. The summed E-state index contributed by atoms with van der Waals surface area (Å²) >= 11 is 12.9. The Hall–Kier alpha value is -3.01. The minimum absolute atomic E-state index is 0.0319. The molecule has 1 saturated carbocycles. The topological polar surface area (TPSA) is 108 Å². The Bertz CT molecular complexity index is 1310. The Morgan fingerprint density at radius 1 is 1.00 bits per heavy atom. The third kappa shape index (κ3) is 4.25. The van der Waals surface area contributed by atoms with Gasteiger partial charge in [0.1, 0.15) is 0 Å². The van der Waals surface area contributed by atoms with Crippen LogP contribution in [0.2, 0.25) is 10.0 Å². The molecule has 2 N–H and O–H groups in total. The van der Waals surface area contributed by atoms with Gasteiger partial charge in [-0.2, -0.15) is 0 Å². The number of nitrogens with zero attached hydrogens (tertiary/aromatic N) is 2. The van der Waals surface area contributed by atoms with Crippen LogP contribution in [0, 0.1) is 15.5 Å². The molecule has 1 atom stereocenters. The summed E-state index contributed by atoms with van der Waals surface area (Å²) in [6.07, 6.45) is 1.76. The fourth-order valence-corrected chi connectivity index (χ4v) is 5.14. The average Bonchev–Trinajstić information content (AvgIpc) is 3.59. The van der Waals surface area contributed by atoms with Crippen molar-refractivity contribution < 1.29 is 19.3 Å². The highest BCUT2D eigenvalue weighted by Gasteiger charge is 2.55. The van der Waals surface area contributed by atoms with Gasteiger partial charge in [0, 0.05) is 50.8 Å². The van der Waals surface area contributed by atoms with Crippen LogP contribution in [0.25, 0.3) is 0 Å². The summed E-state index contributed by atoms with van der Waals surface area (Å²) < 4.78 is 6.75. The molecule has 36 heavy (non-hydrogen) atoms. The van der Waals surface area contributed by atoms with Gasteiger partial charge in [-0.25, -0.2) is 5.90 Å². The molecule has 1 heterocycles. The fraction of sp³-hybridized carbons (Fsp3) is 0.269. The maximum atomic E-state index is 13.9. The van der Waals surface area contributed by atoms with E-state index < -0.39 is 10.6 Å². The summed E-state index contributed by atoms with van der Waals surface area (Å²) in [7, 11) is 0. The van der Waals surface area contributed by atoms with Crippen LogP contribution >= 0.6 is 23.2 Å². The van der Waals surface area contributed by atoms with E-state index in [1.807, 2.05) is 12.1 Å². The number of benzene rings is 3. The second-order valence-corrected chi connectivity index (χ2v) is 10.1. The van der Waals surface area contributed by atoms with E-state index in [1.165, 1.54) is 12.1 Å². The van der Waals surface area contributed by atoms with Gasteiger partial charge in [0.25, 0.3) is 11.6 Å². The van der Waals surface area contributed by atoms with Crippen molar-refractivity contribution in [3.8, 4) is 0 Å². The van der Waals surface area contributed by atoms with Gasteiger partial charge in [-0.05, 0) is 42.7 Å². The molecule has 0 radical (unpaired) electrons. The number of nitro benzene ring substituents is 1. The van der Waals surface area contributed by atoms with Crippen LogP contribution in [-0.4, -0.2) is 28.9 Å². The zero-order valence-electron chi connectivity index (χ0n) is 19.2. The van der Waals surface area contributed by atoms with Crippen molar-refractivity contribution in [2.45, 2.75) is 25.1 Å². The second-order valence-electron chi connectivity index (χ2n) is 9.23. The molecule has 1 aliphatic carbocycles. The number of nitro groups is 1. The van der Waals surface area contributed by atoms with E-state index in [-0.39, 0.29) is 30.2 Å². The van der Waals surface area contributed by atoms with Crippen molar-refractivity contribution >= 4 is 34.8 Å². The van der Waals surface area contributed by atoms with Gasteiger partial charge in [-0.1, -0.05) is 53.5 Å². The Morgan fingerprint density at radius 3 is 2.31 bits per heavy atom. The molecule has 1 aliphatic heterocycles. The molecule has 1 fully saturated rings. The number of hydrogen-bond donors (Lipinski definition) is 1. The molecule has 1 amide bonds. The van der Waals surface area contributed by atoms with Crippen LogP contribution in [0.5, 0.6) is 0 Å². The van der Waals surface area contributed by atoms with Gasteiger partial charge in [-0.15, -0.1) is 0 Å². The number of carbonyl (C=O) groups excluding carboxylic acids is 1. The summed E-state index contributed by atoms with van der Waals surface area (Å²) in [6, 6.07) is 18.4. The number of hydrogen-bond acceptors (Lipinski definition) is 6. The molecule has 0 aromatic heterocycles. The first-order valence-electron chi connectivity index (χ1n) is 11.4. The van der Waals surface area contributed by atoms with Crippen molar-refractivity contribution in [2.75, 3.05) is 13.2 Å². The lowest BCUT2D eigenvalue weighted by atomic mass is 9.92. The fourth-order valence-electron chi connectivity index (χ4n) is 4.71. The third-order valence-corrected chi connectivity index (χ3v) is 7.43. The van der Waals surface area contributed by atoms with Gasteiger partial charge >= 0.3 is 0 Å². The number of amides is 1. The van der Waals surface area contributed by atoms with E-state index >= 15 is 0 Å². The molecular formula is C26H23Cl2N3O5. The predicted octanol–water partition coefficient (Wildman–Crippen LogP) is 5.45. The van der Waals surface area contributed by atoms with Gasteiger partial charge in [-0.3, -0.25) is 19.8 Å². The highest BCUT2D eigenvalue weighted by Crippen LogP contribution is 2.53. The molecule has 186 valence electrons. The van der Waals surface area contributed by atoms with Crippen molar-refractivity contribution in [1.29, 1.82) is 0 Å². The van der Waals surface area contributed by atoms with Crippen LogP contribution in [-0.2, 0) is 21.8 Å². The maximum Gasteiger partial charge on any atom is 0.269 e. The number of fused-ring (bicyclic) bond motifs is 1. The van der Waals surface area contributed by atoms with Crippen molar-refractivity contribution in [1.82, 2.24) is 4.90 Å². The highest BCUT2D eigenvalue weighted by atomic mass is 35.5. The molecular weight excluding hydrogens is 505 g/mol. The molecule has 0 saturated heterocycles. The number of non-ortho nitro benzene ring substituents is 1. The molecule has 10 heteroatoms. The van der Waals surface area contributed by atoms with Gasteiger partial charge in [0.2, 0.25) is 0 Å². The van der Waals surface area contributed by atoms with Crippen molar-refractivity contribution in [3.63, 3.8) is 0 Å². The van der Waals surface area contributed by atoms with Crippen LogP contribution in [0.15, 0.2) is 66.7 Å². The van der Waals surface area contributed by atoms with Gasteiger partial charge in [0.05, 0.1) is 18.1 Å². The summed E-state index contributed by atoms with van der Waals surface area (Å²) in [5.41, 5.74) is 0.714. The molecule has 2 aliphatic rings. The first-order valence-corrected chi connectivity index (χ1v) is 12.1. The van der Waals surface area contributed by atoms with Crippen LogP contribution in [0.4, 0.5) is 5.69 Å². The molecule has 1 unspecified atom stereocenters. The lowest BCUT2D eigenvalue weighted by molar-refractivity contribution is -0.384. The third-order valence-electron chi connectivity index (χ3n) is 6.87. The minimum atomic E-state index is -1.36. The number of rotatable bonds is 9. The summed E-state index contributed by atoms with van der Waals surface area (Å²) in [6.45, 7) is 0.738. The molecule has 0 spiro atoms. The Balaban J connectivity index is 1.65. The van der Waals surface area contributed by atoms with Crippen LogP contribution in [0.3, 0.4) is 0 Å². The highest BCUT2D eigenvalue weighted by molar-refractivity contribution is 6.32. The van der Waals surface area contributed by atoms with Crippen LogP contribution in [0.1, 0.15) is 39.9 Å². The van der Waals surface area contributed by atoms with E-state index in [4.69, 9.17) is 38.7 Å². The summed E-state index contributed by atoms with van der Waals surface area (Å²) in [4.78, 5) is 31.1. The molecule has 8 nitrogen and oxygen atoms in total. The summed E-state index contributed by atoms with van der Waals surface area (Å²) in [5, 5.41) is 12.1. The molecule has 3 aromatic carbocycles. The Labute approximate surface area is 217 Å². The average molecular weight is 528 g/mol. The number of nitrogens with two attached hydrogens (primary N) is 1. The maximum absolute atomic E-state index is 13.9. The zero-order valence-corrected chi connectivity index (χ0v) is 20.7. The first-order chi connectivity index (χ1) is 17.3. The van der Waals surface area contributed by atoms with Crippen LogP contribution < -0.4 is 5.90 Å². The Kier molecular flexibility index (Phi) is 6.48. The second kappa shape index (κ2) is 9.46. The quantitative estimate of drug-likeness (QED) is 0.293. The number of carbonyl (C=O) groups is 1. The Morgan fingerprint density at radius 2 is 1.69 bits per heavy atom. The number of ether oxygens (including phenoxy) is 1. The number of halogens is 2. The van der Waals surface area contributed by atoms with E-state index in [2.05, 4.69) is 0 Å². The first kappa shape index (κ1) is 24.7. The van der Waals surface area contributed by atoms with E-state index in [0.29, 0.717) is 38.9 Å². The smallest absolute Gasteiger partial charge is 0.269 e. The largest absolute Gasteiger partial charge is 0.346 e. The minimum Gasteiger partial charge on any atom is -0.346 e. The lowest BCUT2D eigenvalue weighted by Crippen LogP contribution is -2.47. The van der Waals surface area contributed by atoms with Gasteiger partial charge < -0.3 is 9.57 Å². The molecule has 5 rings (SSSR count). The van der Waals surface area contributed by atoms with Crippen molar-refractivity contribution in [3.05, 3.63) is 109 Å². The standard InChI is InChI=1S/C26H23Cl2N3O5/c27-19-8-6-18(7-9-19)26(35-15-25(12-13-25)16-36-29)23-21(2-1-3-22(23)28)24(32)30(26)14-17-4-10-20(11-5-17)31(33)34/h1-11H,12-16,29H2. The SMILES string of the molecule is NOCC1(COC2(c3ccc(Cl)cc3)c3c(Cl)cccc3C(=O)N2Cc2ccc([N+](=O)[O-])cc2)CC1.